The third-order valence-corrected chi connectivity index (χ3v) is 3.26. The molecule has 0 aromatic carbocycles. The number of nitrogens with one attached hydrogen (secondary N) is 1. The second kappa shape index (κ2) is 5.47. The zero-order valence-electron chi connectivity index (χ0n) is 12.7. The van der Waals surface area contributed by atoms with Crippen molar-refractivity contribution in [3.8, 4) is 0 Å². The van der Waals surface area contributed by atoms with Crippen molar-refractivity contribution < 1.29 is 9.53 Å². The van der Waals surface area contributed by atoms with Crippen LogP contribution in [0.25, 0.3) is 0 Å². The van der Waals surface area contributed by atoms with Crippen molar-refractivity contribution in [1.82, 2.24) is 10.2 Å². The lowest BCUT2D eigenvalue weighted by atomic mass is 9.81. The van der Waals surface area contributed by atoms with Gasteiger partial charge in [0.25, 0.3) is 0 Å². The van der Waals surface area contributed by atoms with Gasteiger partial charge in [-0.15, -0.1) is 0 Å². The van der Waals surface area contributed by atoms with E-state index in [1.807, 2.05) is 32.7 Å². The summed E-state index contributed by atoms with van der Waals surface area (Å²) in [5, 5.41) is 3.16. The van der Waals surface area contributed by atoms with Gasteiger partial charge < -0.3 is 15.0 Å². The van der Waals surface area contributed by atoms with Crippen molar-refractivity contribution in [2.45, 2.75) is 59.1 Å². The Kier molecular flexibility index (Phi) is 4.65. The molecule has 1 unspecified atom stereocenters. The third kappa shape index (κ3) is 4.48. The van der Waals surface area contributed by atoms with Crippen LogP contribution in [0.1, 0.15) is 47.5 Å². The minimum atomic E-state index is -0.428. The third-order valence-electron chi connectivity index (χ3n) is 3.26. The van der Waals surface area contributed by atoms with Gasteiger partial charge in [0.2, 0.25) is 0 Å². The van der Waals surface area contributed by atoms with Crippen molar-refractivity contribution in [3.63, 3.8) is 0 Å². The molecule has 0 aromatic heterocycles. The van der Waals surface area contributed by atoms with E-state index in [0.29, 0.717) is 0 Å². The normalized spacial score (nSPS) is 23.9. The van der Waals surface area contributed by atoms with Gasteiger partial charge in [0.15, 0.2) is 0 Å². The van der Waals surface area contributed by atoms with E-state index in [-0.39, 0.29) is 17.6 Å². The molecule has 4 nitrogen and oxygen atoms in total. The molecule has 1 aliphatic heterocycles. The van der Waals surface area contributed by atoms with Gasteiger partial charge in [-0.1, -0.05) is 13.8 Å². The first-order valence-corrected chi connectivity index (χ1v) is 6.79. The van der Waals surface area contributed by atoms with Crippen molar-refractivity contribution >= 4 is 6.09 Å². The molecule has 1 N–H and O–H groups in total. The van der Waals surface area contributed by atoms with Crippen LogP contribution in [0.15, 0.2) is 0 Å². The Balaban J connectivity index is 2.75. The summed E-state index contributed by atoms with van der Waals surface area (Å²) in [4.78, 5) is 14.2. The van der Waals surface area contributed by atoms with Crippen molar-refractivity contribution in [2.24, 2.45) is 5.41 Å². The van der Waals surface area contributed by atoms with E-state index in [2.05, 4.69) is 19.2 Å². The van der Waals surface area contributed by atoms with Crippen LogP contribution in [0.3, 0.4) is 0 Å². The number of hydrogen-bond acceptors (Lipinski definition) is 3. The fourth-order valence-corrected chi connectivity index (χ4v) is 2.36. The zero-order chi connectivity index (χ0) is 14.0. The van der Waals surface area contributed by atoms with Crippen LogP contribution in [0.5, 0.6) is 0 Å². The Morgan fingerprint density at radius 3 is 2.56 bits per heavy atom. The fourth-order valence-electron chi connectivity index (χ4n) is 2.36. The van der Waals surface area contributed by atoms with Crippen LogP contribution in [0.2, 0.25) is 0 Å². The molecule has 0 aromatic rings. The SMILES string of the molecule is CNCC1CCC(C)(C)CN1C(=O)OC(C)(C)C. The minimum absolute atomic E-state index is 0.182. The lowest BCUT2D eigenvalue weighted by Crippen LogP contribution is -2.54. The molecule has 0 spiro atoms. The number of hydrogen-bond donors (Lipinski definition) is 1. The van der Waals surface area contributed by atoms with E-state index >= 15 is 0 Å². The molecule has 0 saturated carbocycles. The smallest absolute Gasteiger partial charge is 0.410 e. The Hall–Kier alpha value is -0.770. The van der Waals surface area contributed by atoms with E-state index < -0.39 is 5.60 Å². The second-order valence-electron chi connectivity index (χ2n) is 7.02. The molecule has 0 bridgehead atoms. The van der Waals surface area contributed by atoms with Gasteiger partial charge in [0.05, 0.1) is 0 Å². The average molecular weight is 256 g/mol. The highest BCUT2D eigenvalue weighted by Gasteiger charge is 2.37. The lowest BCUT2D eigenvalue weighted by Gasteiger charge is -2.43. The molecule has 0 aliphatic carbocycles. The van der Waals surface area contributed by atoms with Crippen molar-refractivity contribution in [2.75, 3.05) is 20.1 Å². The van der Waals surface area contributed by atoms with Gasteiger partial charge in [0.1, 0.15) is 5.60 Å². The van der Waals surface area contributed by atoms with E-state index in [1.54, 1.807) is 0 Å². The highest BCUT2D eigenvalue weighted by molar-refractivity contribution is 5.68. The Morgan fingerprint density at radius 2 is 2.06 bits per heavy atom. The van der Waals surface area contributed by atoms with E-state index in [1.165, 1.54) is 0 Å². The number of carbonyl (C=O) groups is 1. The topological polar surface area (TPSA) is 41.6 Å². The van der Waals surface area contributed by atoms with Crippen LogP contribution in [0.4, 0.5) is 4.79 Å². The van der Waals surface area contributed by atoms with Gasteiger partial charge in [-0.25, -0.2) is 4.79 Å². The summed E-state index contributed by atoms with van der Waals surface area (Å²) < 4.78 is 5.51. The predicted octanol–water partition coefficient (Wildman–Crippen LogP) is 2.63. The van der Waals surface area contributed by atoms with Crippen LogP contribution in [-0.2, 0) is 4.74 Å². The summed E-state index contributed by atoms with van der Waals surface area (Å²) in [5.74, 6) is 0. The summed E-state index contributed by atoms with van der Waals surface area (Å²) in [6, 6.07) is 0.248. The molecule has 1 amide bonds. The Bertz CT molecular complexity index is 295. The maximum Gasteiger partial charge on any atom is 0.410 e. The summed E-state index contributed by atoms with van der Waals surface area (Å²) in [5.41, 5.74) is -0.246. The lowest BCUT2D eigenvalue weighted by molar-refractivity contribution is -0.00691. The number of amides is 1. The standard InChI is InChI=1S/C14H28N2O2/c1-13(2,3)18-12(17)16-10-14(4,5)8-7-11(16)9-15-6/h11,15H,7-10H2,1-6H3. The van der Waals surface area contributed by atoms with Gasteiger partial charge in [0, 0.05) is 19.1 Å². The van der Waals surface area contributed by atoms with Gasteiger partial charge in [-0.05, 0) is 46.1 Å². The molecule has 1 heterocycles. The molecule has 0 radical (unpaired) electrons. The van der Waals surface area contributed by atoms with Gasteiger partial charge in [-0.2, -0.15) is 0 Å². The maximum absolute atomic E-state index is 12.3. The summed E-state index contributed by atoms with van der Waals surface area (Å²) in [7, 11) is 1.92. The maximum atomic E-state index is 12.3. The first-order valence-electron chi connectivity index (χ1n) is 6.79. The summed E-state index contributed by atoms with van der Waals surface area (Å²) in [6.07, 6.45) is 2.00. The number of ether oxygens (including phenoxy) is 1. The zero-order valence-corrected chi connectivity index (χ0v) is 12.7. The first-order chi connectivity index (χ1) is 8.14. The predicted molar refractivity (Wildman–Crippen MR) is 73.7 cm³/mol. The molecular weight excluding hydrogens is 228 g/mol. The number of likely N-dealkylation sites (tertiary alicyclic amines) is 1. The first kappa shape index (κ1) is 15.3. The highest BCUT2D eigenvalue weighted by Crippen LogP contribution is 2.32. The number of rotatable bonds is 2. The van der Waals surface area contributed by atoms with Crippen LogP contribution < -0.4 is 5.32 Å². The average Bonchev–Trinajstić information content (AvgIpc) is 2.18. The number of nitrogens with zero attached hydrogens (tertiary/aromatic N) is 1. The van der Waals surface area contributed by atoms with Crippen molar-refractivity contribution in [1.29, 1.82) is 0 Å². The van der Waals surface area contributed by atoms with Crippen LogP contribution in [-0.4, -0.2) is 42.8 Å². The quantitative estimate of drug-likeness (QED) is 0.826. The Labute approximate surface area is 111 Å². The second-order valence-corrected chi connectivity index (χ2v) is 7.02. The summed E-state index contributed by atoms with van der Waals surface area (Å²) >= 11 is 0. The highest BCUT2D eigenvalue weighted by atomic mass is 16.6. The largest absolute Gasteiger partial charge is 0.444 e. The van der Waals surface area contributed by atoms with Crippen LogP contribution in [0, 0.1) is 5.41 Å². The molecule has 1 fully saturated rings. The van der Waals surface area contributed by atoms with Crippen molar-refractivity contribution in [3.05, 3.63) is 0 Å². The molecule has 18 heavy (non-hydrogen) atoms. The van der Waals surface area contributed by atoms with Gasteiger partial charge in [-0.3, -0.25) is 0 Å². The van der Waals surface area contributed by atoms with Crippen LogP contribution >= 0.6 is 0 Å². The minimum Gasteiger partial charge on any atom is -0.444 e. The van der Waals surface area contributed by atoms with E-state index in [4.69, 9.17) is 4.74 Å². The fraction of sp³-hybridized carbons (Fsp3) is 0.929. The molecule has 106 valence electrons. The van der Waals surface area contributed by atoms with Gasteiger partial charge >= 0.3 is 6.09 Å². The molecule has 1 rings (SSSR count). The molecule has 1 aliphatic rings. The monoisotopic (exact) mass is 256 g/mol. The molecule has 1 atom stereocenters. The molecular formula is C14H28N2O2. The van der Waals surface area contributed by atoms with E-state index in [0.717, 1.165) is 25.9 Å². The number of piperidine rings is 1. The molecule has 1 saturated heterocycles. The molecule has 4 heteroatoms. The summed E-state index contributed by atoms with van der Waals surface area (Å²) in [6.45, 7) is 11.7. The number of likely N-dealkylation sites (N-methyl/N-ethyl adjacent to an activating group) is 1. The number of carbonyl (C=O) groups excluding carboxylic acids is 1. The Morgan fingerprint density at radius 1 is 1.44 bits per heavy atom. The van der Waals surface area contributed by atoms with E-state index in [9.17, 15) is 4.79 Å².